The molecule has 0 aliphatic rings. The molecular formula is C22H26FN5O. The SMILES string of the molecule is CCNC(=NCc1ccc(-n2ccnc2C)c(F)c1)NCc1ccc(OC)cc1. The zero-order valence-corrected chi connectivity index (χ0v) is 16.9. The number of nitrogens with one attached hydrogen (secondary N) is 2. The highest BCUT2D eigenvalue weighted by Crippen LogP contribution is 2.17. The van der Waals surface area contributed by atoms with Gasteiger partial charge in [0.1, 0.15) is 17.4 Å². The van der Waals surface area contributed by atoms with Crippen molar-refractivity contribution < 1.29 is 9.13 Å². The van der Waals surface area contributed by atoms with Gasteiger partial charge in [0, 0.05) is 25.5 Å². The molecule has 0 amide bonds. The monoisotopic (exact) mass is 395 g/mol. The number of halogens is 1. The molecular weight excluding hydrogens is 369 g/mol. The molecule has 2 N–H and O–H groups in total. The van der Waals surface area contributed by atoms with Crippen LogP contribution in [0.3, 0.4) is 0 Å². The standard InChI is InChI=1S/C22H26FN5O/c1-4-24-22(26-14-17-5-8-19(29-3)9-6-17)27-15-18-7-10-21(20(23)13-18)28-12-11-25-16(28)2/h5-13H,4,14-15H2,1-3H3,(H2,24,26,27). The fraction of sp³-hybridized carbons (Fsp3) is 0.273. The number of rotatable bonds is 7. The van der Waals surface area contributed by atoms with E-state index in [0.29, 0.717) is 24.7 Å². The van der Waals surface area contributed by atoms with Gasteiger partial charge >= 0.3 is 0 Å². The Kier molecular flexibility index (Phi) is 6.84. The summed E-state index contributed by atoms with van der Waals surface area (Å²) in [7, 11) is 1.65. The lowest BCUT2D eigenvalue weighted by Gasteiger charge is -2.12. The molecule has 2 aromatic carbocycles. The zero-order valence-electron chi connectivity index (χ0n) is 16.9. The summed E-state index contributed by atoms with van der Waals surface area (Å²) in [5.74, 6) is 1.95. The molecule has 29 heavy (non-hydrogen) atoms. The first kappa shape index (κ1) is 20.4. The fourth-order valence-electron chi connectivity index (χ4n) is 2.92. The molecule has 3 aromatic rings. The van der Waals surface area contributed by atoms with Crippen LogP contribution in [0.1, 0.15) is 23.9 Å². The average Bonchev–Trinajstić information content (AvgIpc) is 3.16. The van der Waals surface area contributed by atoms with Gasteiger partial charge in [-0.05, 0) is 49.2 Å². The van der Waals surface area contributed by atoms with Gasteiger partial charge < -0.3 is 19.9 Å². The Morgan fingerprint density at radius 1 is 1.14 bits per heavy atom. The number of ether oxygens (including phenoxy) is 1. The van der Waals surface area contributed by atoms with Gasteiger partial charge in [0.15, 0.2) is 5.96 Å². The molecule has 0 saturated carbocycles. The fourth-order valence-corrected chi connectivity index (χ4v) is 2.92. The predicted octanol–water partition coefficient (Wildman–Crippen LogP) is 3.58. The van der Waals surface area contributed by atoms with Gasteiger partial charge in [-0.2, -0.15) is 0 Å². The Balaban J connectivity index is 1.66. The van der Waals surface area contributed by atoms with E-state index < -0.39 is 0 Å². The van der Waals surface area contributed by atoms with E-state index in [1.807, 2.05) is 44.2 Å². The van der Waals surface area contributed by atoms with Crippen molar-refractivity contribution in [2.75, 3.05) is 13.7 Å². The lowest BCUT2D eigenvalue weighted by molar-refractivity contribution is 0.414. The van der Waals surface area contributed by atoms with Gasteiger partial charge in [0.25, 0.3) is 0 Å². The Hall–Kier alpha value is -3.35. The largest absolute Gasteiger partial charge is 0.497 e. The Labute approximate surface area is 170 Å². The summed E-state index contributed by atoms with van der Waals surface area (Å²) in [5, 5.41) is 6.50. The highest BCUT2D eigenvalue weighted by Gasteiger charge is 2.08. The number of imidazole rings is 1. The highest BCUT2D eigenvalue weighted by molar-refractivity contribution is 5.79. The van der Waals surface area contributed by atoms with E-state index in [-0.39, 0.29) is 5.82 Å². The van der Waals surface area contributed by atoms with E-state index in [1.54, 1.807) is 30.1 Å². The molecule has 1 heterocycles. The number of guanidine groups is 1. The molecule has 0 spiro atoms. The van der Waals surface area contributed by atoms with Crippen LogP contribution in [0.25, 0.3) is 5.69 Å². The van der Waals surface area contributed by atoms with Crippen LogP contribution in [0.15, 0.2) is 59.9 Å². The van der Waals surface area contributed by atoms with Crippen LogP contribution in [0, 0.1) is 12.7 Å². The summed E-state index contributed by atoms with van der Waals surface area (Å²) in [6, 6.07) is 13.0. The molecule has 0 aliphatic carbocycles. The summed E-state index contributed by atoms with van der Waals surface area (Å²) in [6.07, 6.45) is 3.40. The minimum atomic E-state index is -0.296. The molecule has 0 bridgehead atoms. The molecule has 0 radical (unpaired) electrons. The quantitative estimate of drug-likeness (QED) is 0.474. The number of methoxy groups -OCH3 is 1. The van der Waals surface area contributed by atoms with Gasteiger partial charge in [-0.15, -0.1) is 0 Å². The third-order valence-corrected chi connectivity index (χ3v) is 4.48. The van der Waals surface area contributed by atoms with Gasteiger partial charge in [-0.1, -0.05) is 18.2 Å². The van der Waals surface area contributed by atoms with Crippen molar-refractivity contribution in [1.82, 2.24) is 20.2 Å². The third kappa shape index (κ3) is 5.34. The van der Waals surface area contributed by atoms with E-state index in [2.05, 4.69) is 20.6 Å². The number of hydrogen-bond acceptors (Lipinski definition) is 3. The van der Waals surface area contributed by atoms with Gasteiger partial charge in [-0.3, -0.25) is 0 Å². The average molecular weight is 395 g/mol. The van der Waals surface area contributed by atoms with Crippen LogP contribution >= 0.6 is 0 Å². The molecule has 1 aromatic heterocycles. The van der Waals surface area contributed by atoms with Crippen LogP contribution in [-0.4, -0.2) is 29.2 Å². The lowest BCUT2D eigenvalue weighted by Crippen LogP contribution is -2.36. The zero-order chi connectivity index (χ0) is 20.6. The van der Waals surface area contributed by atoms with Crippen LogP contribution in [0.4, 0.5) is 4.39 Å². The Morgan fingerprint density at radius 3 is 2.52 bits per heavy atom. The molecule has 0 aliphatic heterocycles. The van der Waals surface area contributed by atoms with E-state index in [4.69, 9.17) is 4.74 Å². The second-order valence-corrected chi connectivity index (χ2v) is 6.53. The second kappa shape index (κ2) is 9.73. The molecule has 6 nitrogen and oxygen atoms in total. The van der Waals surface area contributed by atoms with Crippen LogP contribution < -0.4 is 15.4 Å². The van der Waals surface area contributed by atoms with E-state index in [1.165, 1.54) is 6.07 Å². The molecule has 0 atom stereocenters. The van der Waals surface area contributed by atoms with E-state index >= 15 is 0 Å². The number of nitrogens with zero attached hydrogens (tertiary/aromatic N) is 3. The maximum absolute atomic E-state index is 14.6. The van der Waals surface area contributed by atoms with Crippen molar-refractivity contribution in [3.8, 4) is 11.4 Å². The normalized spacial score (nSPS) is 11.4. The Bertz CT molecular complexity index is 966. The van der Waals surface area contributed by atoms with Crippen molar-refractivity contribution in [3.05, 3.63) is 77.6 Å². The third-order valence-electron chi connectivity index (χ3n) is 4.48. The molecule has 3 rings (SSSR count). The minimum absolute atomic E-state index is 0.296. The van der Waals surface area contributed by atoms with E-state index in [9.17, 15) is 4.39 Å². The highest BCUT2D eigenvalue weighted by atomic mass is 19.1. The van der Waals surface area contributed by atoms with Crippen molar-refractivity contribution in [2.45, 2.75) is 26.9 Å². The molecule has 0 saturated heterocycles. The van der Waals surface area contributed by atoms with Crippen LogP contribution in [-0.2, 0) is 13.1 Å². The van der Waals surface area contributed by atoms with E-state index in [0.717, 1.165) is 29.2 Å². The number of hydrogen-bond donors (Lipinski definition) is 2. The van der Waals surface area contributed by atoms with Crippen LogP contribution in [0.2, 0.25) is 0 Å². The van der Waals surface area contributed by atoms with Crippen molar-refractivity contribution >= 4 is 5.96 Å². The molecule has 7 heteroatoms. The lowest BCUT2D eigenvalue weighted by atomic mass is 10.2. The number of aliphatic imine (C=N–C) groups is 1. The van der Waals surface area contributed by atoms with Crippen LogP contribution in [0.5, 0.6) is 5.75 Å². The smallest absolute Gasteiger partial charge is 0.191 e. The Morgan fingerprint density at radius 2 is 1.90 bits per heavy atom. The summed E-state index contributed by atoms with van der Waals surface area (Å²) in [5.41, 5.74) is 2.39. The first-order chi connectivity index (χ1) is 14.1. The molecule has 0 fully saturated rings. The van der Waals surface area contributed by atoms with Crippen molar-refractivity contribution in [1.29, 1.82) is 0 Å². The maximum Gasteiger partial charge on any atom is 0.191 e. The minimum Gasteiger partial charge on any atom is -0.497 e. The first-order valence-electron chi connectivity index (χ1n) is 9.54. The van der Waals surface area contributed by atoms with Gasteiger partial charge in [0.2, 0.25) is 0 Å². The van der Waals surface area contributed by atoms with Gasteiger partial charge in [0.05, 0.1) is 19.3 Å². The number of aryl methyl sites for hydroxylation is 1. The summed E-state index contributed by atoms with van der Waals surface area (Å²) in [6.45, 7) is 5.59. The maximum atomic E-state index is 14.6. The molecule has 0 unspecified atom stereocenters. The van der Waals surface area contributed by atoms with Gasteiger partial charge in [-0.25, -0.2) is 14.4 Å². The molecule has 152 valence electrons. The predicted molar refractivity (Wildman–Crippen MR) is 113 cm³/mol. The summed E-state index contributed by atoms with van der Waals surface area (Å²) >= 11 is 0. The summed E-state index contributed by atoms with van der Waals surface area (Å²) < 4.78 is 21.5. The number of benzene rings is 2. The second-order valence-electron chi connectivity index (χ2n) is 6.53. The number of aromatic nitrogens is 2. The van der Waals surface area contributed by atoms with Crippen molar-refractivity contribution in [3.63, 3.8) is 0 Å². The topological polar surface area (TPSA) is 63.5 Å². The first-order valence-corrected chi connectivity index (χ1v) is 9.54. The van der Waals surface area contributed by atoms with Crippen molar-refractivity contribution in [2.24, 2.45) is 4.99 Å². The summed E-state index contributed by atoms with van der Waals surface area (Å²) in [4.78, 5) is 8.71.